The standard InChI is InChI=1S/C28H41N3O2/c1-8-29(9-2)19-28(6)18-25-22(5)26(20(3)21(4)27(25)33-28)31-16-14-30(15-17-31)23-10-12-24(32-7)13-11-23/h10-13H,8-9,14-19H2,1-7H3. The highest BCUT2D eigenvalue weighted by atomic mass is 16.5. The predicted molar refractivity (Wildman–Crippen MR) is 139 cm³/mol. The molecule has 0 radical (unpaired) electrons. The van der Waals surface area contributed by atoms with Crippen LogP contribution in [0, 0.1) is 20.8 Å². The van der Waals surface area contributed by atoms with E-state index in [4.69, 9.17) is 9.47 Å². The SMILES string of the molecule is CCN(CC)CC1(C)Cc2c(C)c(N3CCN(c4ccc(OC)cc4)CC3)c(C)c(C)c2O1. The second-order valence-corrected chi connectivity index (χ2v) is 9.89. The Hall–Kier alpha value is -2.40. The number of hydrogen-bond donors (Lipinski definition) is 0. The van der Waals surface area contributed by atoms with Gasteiger partial charge in [-0.25, -0.2) is 0 Å². The number of anilines is 2. The number of benzene rings is 2. The fourth-order valence-electron chi connectivity index (χ4n) is 5.64. The first-order valence-electron chi connectivity index (χ1n) is 12.5. The predicted octanol–water partition coefficient (Wildman–Crippen LogP) is 4.98. The largest absolute Gasteiger partial charge is 0.497 e. The van der Waals surface area contributed by atoms with Crippen molar-refractivity contribution in [2.24, 2.45) is 0 Å². The van der Waals surface area contributed by atoms with Crippen molar-refractivity contribution in [1.82, 2.24) is 4.90 Å². The highest BCUT2D eigenvalue weighted by molar-refractivity contribution is 5.70. The van der Waals surface area contributed by atoms with Crippen molar-refractivity contribution in [2.75, 3.05) is 62.7 Å². The van der Waals surface area contributed by atoms with Crippen LogP contribution in [0.5, 0.6) is 11.5 Å². The van der Waals surface area contributed by atoms with Gasteiger partial charge < -0.3 is 19.3 Å². The maximum absolute atomic E-state index is 6.68. The van der Waals surface area contributed by atoms with E-state index in [1.165, 1.54) is 33.6 Å². The topological polar surface area (TPSA) is 28.2 Å². The summed E-state index contributed by atoms with van der Waals surface area (Å²) < 4.78 is 12.0. The Balaban J connectivity index is 1.53. The van der Waals surface area contributed by atoms with Crippen molar-refractivity contribution >= 4 is 11.4 Å². The number of hydrogen-bond acceptors (Lipinski definition) is 5. The maximum atomic E-state index is 6.68. The molecular weight excluding hydrogens is 410 g/mol. The van der Waals surface area contributed by atoms with E-state index >= 15 is 0 Å². The zero-order valence-electron chi connectivity index (χ0n) is 21.6. The molecule has 2 aromatic rings. The molecule has 0 aliphatic carbocycles. The van der Waals surface area contributed by atoms with Crippen LogP contribution in [0.15, 0.2) is 24.3 Å². The summed E-state index contributed by atoms with van der Waals surface area (Å²) in [5, 5.41) is 0. The van der Waals surface area contributed by atoms with Gasteiger partial charge in [0.25, 0.3) is 0 Å². The number of piperazine rings is 1. The van der Waals surface area contributed by atoms with Crippen LogP contribution in [0.1, 0.15) is 43.0 Å². The molecule has 1 atom stereocenters. The van der Waals surface area contributed by atoms with Crippen molar-refractivity contribution in [1.29, 1.82) is 0 Å². The summed E-state index contributed by atoms with van der Waals surface area (Å²) in [5.41, 5.74) is 8.06. The van der Waals surface area contributed by atoms with Crippen LogP contribution >= 0.6 is 0 Å². The molecule has 0 spiro atoms. The van der Waals surface area contributed by atoms with Crippen molar-refractivity contribution in [3.05, 3.63) is 46.5 Å². The van der Waals surface area contributed by atoms with Crippen LogP contribution in [0.4, 0.5) is 11.4 Å². The first kappa shape index (κ1) is 23.7. The number of methoxy groups -OCH3 is 1. The van der Waals surface area contributed by atoms with E-state index in [1.54, 1.807) is 7.11 Å². The molecule has 2 aliphatic rings. The Labute approximate surface area is 200 Å². The summed E-state index contributed by atoms with van der Waals surface area (Å²) >= 11 is 0. The number of ether oxygens (including phenoxy) is 2. The van der Waals surface area contributed by atoms with Gasteiger partial charge in [0.2, 0.25) is 0 Å². The van der Waals surface area contributed by atoms with Crippen LogP contribution in [0.25, 0.3) is 0 Å². The Morgan fingerprint density at radius 2 is 1.52 bits per heavy atom. The summed E-state index contributed by atoms with van der Waals surface area (Å²) in [7, 11) is 1.72. The summed E-state index contributed by atoms with van der Waals surface area (Å²) in [6.07, 6.45) is 0.991. The molecule has 5 heteroatoms. The third-order valence-corrected chi connectivity index (χ3v) is 7.73. The van der Waals surface area contributed by atoms with Gasteiger partial charge in [-0.15, -0.1) is 0 Å². The number of nitrogens with zero attached hydrogens (tertiary/aromatic N) is 3. The quantitative estimate of drug-likeness (QED) is 0.592. The van der Waals surface area contributed by atoms with Crippen molar-refractivity contribution in [3.8, 4) is 11.5 Å². The zero-order chi connectivity index (χ0) is 23.8. The lowest BCUT2D eigenvalue weighted by Gasteiger charge is -2.39. The lowest BCUT2D eigenvalue weighted by atomic mass is 9.91. The minimum atomic E-state index is -0.151. The second-order valence-electron chi connectivity index (χ2n) is 9.89. The average Bonchev–Trinajstić information content (AvgIpc) is 3.20. The Morgan fingerprint density at radius 3 is 2.09 bits per heavy atom. The molecular formula is C28H41N3O2. The van der Waals surface area contributed by atoms with Gasteiger partial charge in [-0.1, -0.05) is 13.8 Å². The molecule has 0 aromatic heterocycles. The lowest BCUT2D eigenvalue weighted by molar-refractivity contribution is 0.0669. The molecule has 33 heavy (non-hydrogen) atoms. The fraction of sp³-hybridized carbons (Fsp3) is 0.571. The van der Waals surface area contributed by atoms with Crippen LogP contribution < -0.4 is 19.3 Å². The molecule has 2 aliphatic heterocycles. The van der Waals surface area contributed by atoms with E-state index < -0.39 is 0 Å². The summed E-state index contributed by atoms with van der Waals surface area (Å²) in [6.45, 7) is 20.8. The molecule has 1 unspecified atom stereocenters. The number of rotatable bonds is 7. The molecule has 0 saturated carbocycles. The number of likely N-dealkylation sites (N-methyl/N-ethyl adjacent to an activating group) is 1. The molecule has 2 aromatic carbocycles. The smallest absolute Gasteiger partial charge is 0.127 e. The minimum absolute atomic E-state index is 0.151. The van der Waals surface area contributed by atoms with E-state index in [0.717, 1.165) is 63.7 Å². The lowest BCUT2D eigenvalue weighted by Crippen LogP contribution is -2.47. The van der Waals surface area contributed by atoms with Gasteiger partial charge in [-0.2, -0.15) is 0 Å². The van der Waals surface area contributed by atoms with Crippen LogP contribution in [0.3, 0.4) is 0 Å². The van der Waals surface area contributed by atoms with E-state index in [-0.39, 0.29) is 5.60 Å². The third-order valence-electron chi connectivity index (χ3n) is 7.73. The third kappa shape index (κ3) is 4.52. The van der Waals surface area contributed by atoms with Crippen molar-refractivity contribution in [2.45, 2.75) is 53.6 Å². The van der Waals surface area contributed by atoms with Gasteiger partial charge in [0, 0.05) is 56.1 Å². The first-order valence-corrected chi connectivity index (χ1v) is 12.5. The summed E-state index contributed by atoms with van der Waals surface area (Å²) in [5.74, 6) is 2.05. The molecule has 0 N–H and O–H groups in total. The van der Waals surface area contributed by atoms with Crippen LogP contribution in [0.2, 0.25) is 0 Å². The van der Waals surface area contributed by atoms with Gasteiger partial charge in [0.05, 0.1) is 7.11 Å². The van der Waals surface area contributed by atoms with Crippen molar-refractivity contribution < 1.29 is 9.47 Å². The average molecular weight is 452 g/mol. The fourth-order valence-corrected chi connectivity index (χ4v) is 5.64. The molecule has 2 heterocycles. The highest BCUT2D eigenvalue weighted by Gasteiger charge is 2.39. The van der Waals surface area contributed by atoms with Gasteiger partial charge in [0.1, 0.15) is 17.1 Å². The molecule has 0 bridgehead atoms. The minimum Gasteiger partial charge on any atom is -0.497 e. The Bertz CT molecular complexity index is 976. The monoisotopic (exact) mass is 451 g/mol. The van der Waals surface area contributed by atoms with Crippen molar-refractivity contribution in [3.63, 3.8) is 0 Å². The van der Waals surface area contributed by atoms with Gasteiger partial charge >= 0.3 is 0 Å². The van der Waals surface area contributed by atoms with Gasteiger partial charge in [-0.3, -0.25) is 4.90 Å². The van der Waals surface area contributed by atoms with Crippen LogP contribution in [-0.4, -0.2) is 63.4 Å². The Kier molecular flexibility index (Phi) is 6.81. The molecule has 4 rings (SSSR count). The highest BCUT2D eigenvalue weighted by Crippen LogP contribution is 2.46. The molecule has 0 amide bonds. The van der Waals surface area contributed by atoms with Crippen LogP contribution in [-0.2, 0) is 6.42 Å². The number of fused-ring (bicyclic) bond motifs is 1. The van der Waals surface area contributed by atoms with E-state index in [0.29, 0.717) is 0 Å². The van der Waals surface area contributed by atoms with E-state index in [9.17, 15) is 0 Å². The zero-order valence-corrected chi connectivity index (χ0v) is 21.6. The van der Waals surface area contributed by atoms with Gasteiger partial charge in [-0.05, 0) is 81.7 Å². The second kappa shape index (κ2) is 9.46. The molecule has 1 saturated heterocycles. The van der Waals surface area contributed by atoms with Gasteiger partial charge in [0.15, 0.2) is 0 Å². The van der Waals surface area contributed by atoms with E-state index in [1.807, 2.05) is 0 Å². The Morgan fingerprint density at radius 1 is 0.909 bits per heavy atom. The molecule has 180 valence electrons. The summed E-state index contributed by atoms with van der Waals surface area (Å²) in [4.78, 5) is 7.55. The first-order chi connectivity index (χ1) is 15.8. The van der Waals surface area contributed by atoms with E-state index in [2.05, 4.69) is 80.5 Å². The normalized spacial score (nSPS) is 20.2. The molecule has 1 fully saturated rings. The molecule has 5 nitrogen and oxygen atoms in total. The maximum Gasteiger partial charge on any atom is 0.127 e. The summed E-state index contributed by atoms with van der Waals surface area (Å²) in [6, 6.07) is 8.43.